The van der Waals surface area contributed by atoms with Gasteiger partial charge in [0.25, 0.3) is 0 Å². The third-order valence-corrected chi connectivity index (χ3v) is 2.40. The van der Waals surface area contributed by atoms with Crippen LogP contribution in [0.25, 0.3) is 0 Å². The Morgan fingerprint density at radius 1 is 1.57 bits per heavy atom. The Hall–Kier alpha value is -0.900. The SMILES string of the molecule is CCNC(C)CCCc1ncnn1C. The van der Waals surface area contributed by atoms with E-state index in [1.165, 1.54) is 12.8 Å². The maximum atomic E-state index is 4.19. The molecule has 80 valence electrons. The number of aromatic nitrogens is 3. The van der Waals surface area contributed by atoms with Gasteiger partial charge in [-0.1, -0.05) is 6.92 Å². The molecule has 4 heteroatoms. The Morgan fingerprint density at radius 2 is 2.36 bits per heavy atom. The predicted octanol–water partition coefficient (Wildman–Crippen LogP) is 1.14. The molecule has 1 N–H and O–H groups in total. The third-order valence-electron chi connectivity index (χ3n) is 2.40. The molecule has 0 spiro atoms. The van der Waals surface area contributed by atoms with E-state index in [1.54, 1.807) is 6.33 Å². The van der Waals surface area contributed by atoms with E-state index < -0.39 is 0 Å². The number of nitrogens with one attached hydrogen (secondary N) is 1. The molecule has 14 heavy (non-hydrogen) atoms. The zero-order chi connectivity index (χ0) is 10.4. The van der Waals surface area contributed by atoms with Crippen LogP contribution in [0.2, 0.25) is 0 Å². The van der Waals surface area contributed by atoms with E-state index in [9.17, 15) is 0 Å². The zero-order valence-corrected chi connectivity index (χ0v) is 9.32. The van der Waals surface area contributed by atoms with Crippen LogP contribution in [-0.2, 0) is 13.5 Å². The van der Waals surface area contributed by atoms with Crippen molar-refractivity contribution < 1.29 is 0 Å². The Labute approximate surface area is 85.7 Å². The minimum absolute atomic E-state index is 0.605. The number of hydrogen-bond acceptors (Lipinski definition) is 3. The number of hydrogen-bond donors (Lipinski definition) is 1. The van der Waals surface area contributed by atoms with Crippen molar-refractivity contribution in [3.05, 3.63) is 12.2 Å². The molecule has 0 aliphatic carbocycles. The van der Waals surface area contributed by atoms with Gasteiger partial charge in [-0.2, -0.15) is 5.10 Å². The van der Waals surface area contributed by atoms with Gasteiger partial charge in [0.1, 0.15) is 12.2 Å². The van der Waals surface area contributed by atoms with E-state index in [4.69, 9.17) is 0 Å². The molecule has 0 fully saturated rings. The average molecular weight is 196 g/mol. The van der Waals surface area contributed by atoms with Crippen molar-refractivity contribution in [2.24, 2.45) is 7.05 Å². The van der Waals surface area contributed by atoms with E-state index in [0.29, 0.717) is 6.04 Å². The quantitative estimate of drug-likeness (QED) is 0.742. The van der Waals surface area contributed by atoms with Gasteiger partial charge in [0.15, 0.2) is 0 Å². The molecule has 0 saturated carbocycles. The smallest absolute Gasteiger partial charge is 0.138 e. The summed E-state index contributed by atoms with van der Waals surface area (Å²) in [5, 5.41) is 7.44. The lowest BCUT2D eigenvalue weighted by molar-refractivity contribution is 0.505. The topological polar surface area (TPSA) is 42.7 Å². The van der Waals surface area contributed by atoms with Crippen molar-refractivity contribution in [1.29, 1.82) is 0 Å². The molecular weight excluding hydrogens is 176 g/mol. The summed E-state index contributed by atoms with van der Waals surface area (Å²) in [6, 6.07) is 0.605. The van der Waals surface area contributed by atoms with Crippen LogP contribution in [0.4, 0.5) is 0 Å². The normalized spacial score (nSPS) is 13.1. The molecule has 0 aromatic carbocycles. The summed E-state index contributed by atoms with van der Waals surface area (Å²) in [5.74, 6) is 1.08. The second kappa shape index (κ2) is 5.75. The molecular formula is C10H20N4. The minimum atomic E-state index is 0.605. The van der Waals surface area contributed by atoms with Gasteiger partial charge < -0.3 is 5.32 Å². The summed E-state index contributed by atoms with van der Waals surface area (Å²) in [5.41, 5.74) is 0. The summed E-state index contributed by atoms with van der Waals surface area (Å²) >= 11 is 0. The van der Waals surface area contributed by atoms with Crippen LogP contribution in [0, 0.1) is 0 Å². The average Bonchev–Trinajstić information content (AvgIpc) is 2.52. The lowest BCUT2D eigenvalue weighted by Crippen LogP contribution is -2.25. The molecule has 0 radical (unpaired) electrons. The molecule has 0 amide bonds. The first kappa shape index (κ1) is 11.2. The van der Waals surface area contributed by atoms with Crippen LogP contribution in [0.3, 0.4) is 0 Å². The monoisotopic (exact) mass is 196 g/mol. The lowest BCUT2D eigenvalue weighted by Gasteiger charge is -2.11. The van der Waals surface area contributed by atoms with Crippen molar-refractivity contribution in [2.75, 3.05) is 6.54 Å². The van der Waals surface area contributed by atoms with Crippen molar-refractivity contribution >= 4 is 0 Å². The molecule has 4 nitrogen and oxygen atoms in total. The van der Waals surface area contributed by atoms with E-state index in [1.807, 2.05) is 11.7 Å². The zero-order valence-electron chi connectivity index (χ0n) is 9.32. The molecule has 1 heterocycles. The summed E-state index contributed by atoms with van der Waals surface area (Å²) in [6.45, 7) is 5.41. The standard InChI is InChI=1S/C10H20N4/c1-4-11-9(2)6-5-7-10-12-8-13-14(10)3/h8-9,11H,4-7H2,1-3H3. The first-order chi connectivity index (χ1) is 6.74. The molecule has 0 aliphatic rings. The Balaban J connectivity index is 2.19. The molecule has 0 bridgehead atoms. The van der Waals surface area contributed by atoms with Crippen LogP contribution in [0.5, 0.6) is 0 Å². The van der Waals surface area contributed by atoms with Crippen LogP contribution < -0.4 is 5.32 Å². The Kier molecular flexibility index (Phi) is 4.59. The molecule has 1 rings (SSSR count). The summed E-state index contributed by atoms with van der Waals surface area (Å²) in [6.07, 6.45) is 5.00. The number of rotatable bonds is 6. The maximum absolute atomic E-state index is 4.19. The first-order valence-electron chi connectivity index (χ1n) is 5.30. The predicted molar refractivity (Wildman–Crippen MR) is 57.1 cm³/mol. The fourth-order valence-corrected chi connectivity index (χ4v) is 1.56. The van der Waals surface area contributed by atoms with Gasteiger partial charge in [-0.05, 0) is 26.3 Å². The Bertz CT molecular complexity index is 256. The lowest BCUT2D eigenvalue weighted by atomic mass is 10.1. The highest BCUT2D eigenvalue weighted by Gasteiger charge is 2.02. The number of nitrogens with zero attached hydrogens (tertiary/aromatic N) is 3. The van der Waals surface area contributed by atoms with Gasteiger partial charge in [-0.25, -0.2) is 4.98 Å². The van der Waals surface area contributed by atoms with Crippen LogP contribution in [0.15, 0.2) is 6.33 Å². The van der Waals surface area contributed by atoms with E-state index in [-0.39, 0.29) is 0 Å². The highest BCUT2D eigenvalue weighted by Crippen LogP contribution is 2.02. The van der Waals surface area contributed by atoms with Crippen molar-refractivity contribution in [3.8, 4) is 0 Å². The van der Waals surface area contributed by atoms with Crippen molar-refractivity contribution in [1.82, 2.24) is 20.1 Å². The summed E-state index contributed by atoms with van der Waals surface area (Å²) in [7, 11) is 1.94. The van der Waals surface area contributed by atoms with Crippen molar-refractivity contribution in [2.45, 2.75) is 39.2 Å². The van der Waals surface area contributed by atoms with Crippen LogP contribution >= 0.6 is 0 Å². The number of aryl methyl sites for hydroxylation is 2. The maximum Gasteiger partial charge on any atom is 0.138 e. The van der Waals surface area contributed by atoms with Crippen LogP contribution in [0.1, 0.15) is 32.5 Å². The highest BCUT2D eigenvalue weighted by atomic mass is 15.3. The molecule has 0 aliphatic heterocycles. The molecule has 1 aromatic rings. The molecule has 1 unspecified atom stereocenters. The van der Waals surface area contributed by atoms with E-state index >= 15 is 0 Å². The second-order valence-electron chi connectivity index (χ2n) is 3.65. The van der Waals surface area contributed by atoms with Gasteiger partial charge in [-0.3, -0.25) is 4.68 Å². The minimum Gasteiger partial charge on any atom is -0.315 e. The largest absolute Gasteiger partial charge is 0.315 e. The van der Waals surface area contributed by atoms with Gasteiger partial charge in [0.05, 0.1) is 0 Å². The molecule has 0 saturated heterocycles. The van der Waals surface area contributed by atoms with E-state index in [0.717, 1.165) is 18.8 Å². The van der Waals surface area contributed by atoms with Crippen molar-refractivity contribution in [3.63, 3.8) is 0 Å². The highest BCUT2D eigenvalue weighted by molar-refractivity contribution is 4.83. The molecule has 1 aromatic heterocycles. The van der Waals surface area contributed by atoms with Gasteiger partial charge >= 0.3 is 0 Å². The Morgan fingerprint density at radius 3 is 2.93 bits per heavy atom. The van der Waals surface area contributed by atoms with Gasteiger partial charge in [-0.15, -0.1) is 0 Å². The third kappa shape index (κ3) is 3.46. The van der Waals surface area contributed by atoms with E-state index in [2.05, 4.69) is 29.2 Å². The second-order valence-corrected chi connectivity index (χ2v) is 3.65. The summed E-state index contributed by atoms with van der Waals surface area (Å²) < 4.78 is 1.85. The van der Waals surface area contributed by atoms with Gasteiger partial charge in [0, 0.05) is 19.5 Å². The van der Waals surface area contributed by atoms with Crippen LogP contribution in [-0.4, -0.2) is 27.4 Å². The summed E-state index contributed by atoms with van der Waals surface area (Å²) in [4.78, 5) is 4.19. The van der Waals surface area contributed by atoms with Gasteiger partial charge in [0.2, 0.25) is 0 Å². The molecule has 1 atom stereocenters. The fraction of sp³-hybridized carbons (Fsp3) is 0.800. The fourth-order valence-electron chi connectivity index (χ4n) is 1.56. The first-order valence-corrected chi connectivity index (χ1v) is 5.30.